The van der Waals surface area contributed by atoms with Gasteiger partial charge in [-0.25, -0.2) is 0 Å². The van der Waals surface area contributed by atoms with Crippen molar-refractivity contribution in [2.45, 2.75) is 25.8 Å². The van der Waals surface area contributed by atoms with Gasteiger partial charge in [-0.15, -0.1) is 0 Å². The van der Waals surface area contributed by atoms with E-state index in [0.717, 1.165) is 6.54 Å². The molecule has 2 heterocycles. The summed E-state index contributed by atoms with van der Waals surface area (Å²) < 4.78 is 5.25. The zero-order valence-electron chi connectivity index (χ0n) is 11.9. The van der Waals surface area contributed by atoms with Gasteiger partial charge >= 0.3 is 0 Å². The molecule has 3 rings (SSSR count). The largest absolute Gasteiger partial charge is 0.353 e. The Morgan fingerprint density at radius 1 is 1.33 bits per heavy atom. The highest BCUT2D eigenvalue weighted by atomic mass is 16.5. The minimum absolute atomic E-state index is 0.0140. The van der Waals surface area contributed by atoms with Crippen molar-refractivity contribution in [3.8, 4) is 0 Å². The van der Waals surface area contributed by atoms with Crippen molar-refractivity contribution in [3.05, 3.63) is 47.1 Å². The smallest absolute Gasteiger partial charge is 0.237 e. The van der Waals surface area contributed by atoms with E-state index in [9.17, 15) is 4.79 Å². The zero-order valence-corrected chi connectivity index (χ0v) is 11.9. The van der Waals surface area contributed by atoms with E-state index in [4.69, 9.17) is 4.52 Å². The van der Waals surface area contributed by atoms with E-state index in [1.54, 1.807) is 0 Å². The molecule has 1 fully saturated rings. The quantitative estimate of drug-likeness (QED) is 0.860. The van der Waals surface area contributed by atoms with Gasteiger partial charge in [-0.3, -0.25) is 4.79 Å². The number of aryl methyl sites for hydroxylation is 1. The molecule has 0 aliphatic carbocycles. The molecule has 1 aromatic carbocycles. The van der Waals surface area contributed by atoms with Gasteiger partial charge in [0.05, 0.1) is 12.5 Å². The predicted molar refractivity (Wildman–Crippen MR) is 76.8 cm³/mol. The highest BCUT2D eigenvalue weighted by molar-refractivity contribution is 5.82. The highest BCUT2D eigenvalue weighted by Gasteiger charge is 2.24. The number of hydrogen-bond donors (Lipinski definition) is 2. The van der Waals surface area contributed by atoms with Gasteiger partial charge in [0.2, 0.25) is 11.8 Å². The Morgan fingerprint density at radius 2 is 2.19 bits per heavy atom. The Morgan fingerprint density at radius 3 is 3.00 bits per heavy atom. The van der Waals surface area contributed by atoms with Gasteiger partial charge in [0.1, 0.15) is 0 Å². The standard InChI is InChI=1S/C15H18N4O2/c1-10-4-2-3-5-11(10)8-13-18-14(21-19-13)9-12-15(20)17-7-6-16-12/h2-5,12,16H,6-9H2,1H3,(H,17,20). The summed E-state index contributed by atoms with van der Waals surface area (Å²) in [5.41, 5.74) is 2.38. The fourth-order valence-electron chi connectivity index (χ4n) is 2.41. The number of rotatable bonds is 4. The lowest BCUT2D eigenvalue weighted by molar-refractivity contribution is -0.124. The van der Waals surface area contributed by atoms with Crippen LogP contribution in [-0.4, -0.2) is 35.2 Å². The molecular formula is C15H18N4O2. The van der Waals surface area contributed by atoms with Crippen LogP contribution in [0.5, 0.6) is 0 Å². The number of benzene rings is 1. The first-order valence-corrected chi connectivity index (χ1v) is 7.09. The van der Waals surface area contributed by atoms with Crippen molar-refractivity contribution in [2.75, 3.05) is 13.1 Å². The van der Waals surface area contributed by atoms with Gasteiger partial charge < -0.3 is 15.2 Å². The summed E-state index contributed by atoms with van der Waals surface area (Å²) in [6.45, 7) is 3.49. The van der Waals surface area contributed by atoms with Crippen LogP contribution >= 0.6 is 0 Å². The molecule has 1 amide bonds. The molecule has 21 heavy (non-hydrogen) atoms. The maximum absolute atomic E-state index is 11.7. The summed E-state index contributed by atoms with van der Waals surface area (Å²) in [5.74, 6) is 1.13. The SMILES string of the molecule is Cc1ccccc1Cc1noc(CC2NCCNC2=O)n1. The number of nitrogens with zero attached hydrogens (tertiary/aromatic N) is 2. The van der Waals surface area contributed by atoms with Crippen molar-refractivity contribution in [2.24, 2.45) is 0 Å². The first-order valence-electron chi connectivity index (χ1n) is 7.09. The maximum Gasteiger partial charge on any atom is 0.237 e. The third-order valence-electron chi connectivity index (χ3n) is 3.63. The number of piperazine rings is 1. The minimum Gasteiger partial charge on any atom is -0.353 e. The Kier molecular flexibility index (Phi) is 3.96. The minimum atomic E-state index is -0.287. The Labute approximate surface area is 122 Å². The summed E-state index contributed by atoms with van der Waals surface area (Å²) in [4.78, 5) is 16.1. The Hall–Kier alpha value is -2.21. The van der Waals surface area contributed by atoms with Crippen LogP contribution in [-0.2, 0) is 17.6 Å². The van der Waals surface area contributed by atoms with E-state index in [-0.39, 0.29) is 11.9 Å². The van der Waals surface area contributed by atoms with Crippen LogP contribution in [0, 0.1) is 6.92 Å². The molecule has 0 saturated carbocycles. The molecule has 110 valence electrons. The van der Waals surface area contributed by atoms with E-state index in [2.05, 4.69) is 39.8 Å². The summed E-state index contributed by atoms with van der Waals surface area (Å²) >= 11 is 0. The molecule has 6 nitrogen and oxygen atoms in total. The van der Waals surface area contributed by atoms with Crippen LogP contribution in [0.1, 0.15) is 22.8 Å². The number of aromatic nitrogens is 2. The average Bonchev–Trinajstić information content (AvgIpc) is 2.91. The van der Waals surface area contributed by atoms with E-state index in [1.807, 2.05) is 12.1 Å². The van der Waals surface area contributed by atoms with Crippen molar-refractivity contribution in [1.82, 2.24) is 20.8 Å². The topological polar surface area (TPSA) is 80.0 Å². The predicted octanol–water partition coefficient (Wildman–Crippen LogP) is 0.599. The lowest BCUT2D eigenvalue weighted by Gasteiger charge is -2.21. The van der Waals surface area contributed by atoms with Crippen molar-refractivity contribution in [3.63, 3.8) is 0 Å². The molecule has 1 unspecified atom stereocenters. The van der Waals surface area contributed by atoms with Crippen LogP contribution in [0.25, 0.3) is 0 Å². The number of carbonyl (C=O) groups is 1. The van der Waals surface area contributed by atoms with Crippen LogP contribution in [0.2, 0.25) is 0 Å². The molecule has 6 heteroatoms. The molecule has 0 spiro atoms. The second-order valence-corrected chi connectivity index (χ2v) is 5.21. The highest BCUT2D eigenvalue weighted by Crippen LogP contribution is 2.12. The van der Waals surface area contributed by atoms with Gasteiger partial charge in [0, 0.05) is 19.5 Å². The maximum atomic E-state index is 11.7. The zero-order chi connectivity index (χ0) is 14.7. The lowest BCUT2D eigenvalue weighted by atomic mass is 10.1. The summed E-state index contributed by atoms with van der Waals surface area (Å²) in [7, 11) is 0. The normalized spacial score (nSPS) is 18.5. The summed E-state index contributed by atoms with van der Waals surface area (Å²) in [5, 5.41) is 9.96. The molecule has 1 aliphatic heterocycles. The lowest BCUT2D eigenvalue weighted by Crippen LogP contribution is -2.53. The second kappa shape index (κ2) is 6.05. The molecule has 2 aromatic rings. The molecular weight excluding hydrogens is 268 g/mol. The molecule has 2 N–H and O–H groups in total. The van der Waals surface area contributed by atoms with Gasteiger partial charge in [-0.1, -0.05) is 29.4 Å². The van der Waals surface area contributed by atoms with Crippen molar-refractivity contribution < 1.29 is 9.32 Å². The van der Waals surface area contributed by atoms with Gasteiger partial charge in [-0.05, 0) is 18.1 Å². The second-order valence-electron chi connectivity index (χ2n) is 5.21. The van der Waals surface area contributed by atoms with Gasteiger partial charge in [0.15, 0.2) is 5.82 Å². The van der Waals surface area contributed by atoms with E-state index in [1.165, 1.54) is 11.1 Å². The average molecular weight is 286 g/mol. The molecule has 1 aromatic heterocycles. The summed E-state index contributed by atoms with van der Waals surface area (Å²) in [6.07, 6.45) is 1.06. The van der Waals surface area contributed by atoms with Crippen LogP contribution in [0.15, 0.2) is 28.8 Å². The van der Waals surface area contributed by atoms with Crippen LogP contribution < -0.4 is 10.6 Å². The number of amides is 1. The van der Waals surface area contributed by atoms with Gasteiger partial charge in [0.25, 0.3) is 0 Å². The third kappa shape index (κ3) is 3.28. The first kappa shape index (κ1) is 13.8. The van der Waals surface area contributed by atoms with Crippen molar-refractivity contribution >= 4 is 5.91 Å². The Balaban J connectivity index is 1.66. The molecule has 0 bridgehead atoms. The van der Waals surface area contributed by atoms with E-state index < -0.39 is 0 Å². The summed E-state index contributed by atoms with van der Waals surface area (Å²) in [6, 6.07) is 7.84. The third-order valence-corrected chi connectivity index (χ3v) is 3.63. The van der Waals surface area contributed by atoms with Crippen LogP contribution in [0.4, 0.5) is 0 Å². The fraction of sp³-hybridized carbons (Fsp3) is 0.400. The molecule has 1 atom stereocenters. The number of hydrogen-bond acceptors (Lipinski definition) is 5. The van der Waals surface area contributed by atoms with Crippen LogP contribution in [0.3, 0.4) is 0 Å². The van der Waals surface area contributed by atoms with E-state index >= 15 is 0 Å². The molecule has 0 radical (unpaired) electrons. The van der Waals surface area contributed by atoms with Crippen molar-refractivity contribution in [1.29, 1.82) is 0 Å². The Bertz CT molecular complexity index is 638. The molecule has 1 aliphatic rings. The fourth-order valence-corrected chi connectivity index (χ4v) is 2.41. The molecule has 1 saturated heterocycles. The monoisotopic (exact) mass is 286 g/mol. The number of nitrogens with one attached hydrogen (secondary N) is 2. The van der Waals surface area contributed by atoms with Gasteiger partial charge in [-0.2, -0.15) is 4.98 Å². The number of carbonyl (C=O) groups excluding carboxylic acids is 1. The van der Waals surface area contributed by atoms with E-state index in [0.29, 0.717) is 31.1 Å². The first-order chi connectivity index (χ1) is 10.2.